The van der Waals surface area contributed by atoms with Gasteiger partial charge in [0.2, 0.25) is 5.91 Å². The van der Waals surface area contributed by atoms with Crippen molar-refractivity contribution in [3.05, 3.63) is 87.5 Å². The summed E-state index contributed by atoms with van der Waals surface area (Å²) in [4.78, 5) is 53.9. The van der Waals surface area contributed by atoms with E-state index in [1.54, 1.807) is 11.3 Å². The third-order valence-electron chi connectivity index (χ3n) is 6.42. The molecule has 0 spiro atoms. The molecule has 0 bridgehead atoms. The number of rotatable bonds is 9. The van der Waals surface area contributed by atoms with E-state index in [4.69, 9.17) is 4.98 Å². The van der Waals surface area contributed by atoms with Crippen LogP contribution in [0, 0.1) is 17.0 Å². The highest BCUT2D eigenvalue weighted by Crippen LogP contribution is 2.32. The van der Waals surface area contributed by atoms with Gasteiger partial charge < -0.3 is 5.32 Å². The SMILES string of the molecule is Cc1ccc2nc(-c3ccc(NC(=O)CCCCCN4C(=O)c5cccc([N+](=O)[O-])c5C4=O)cc3)sc2c1. The van der Waals surface area contributed by atoms with E-state index in [2.05, 4.69) is 18.3 Å². The number of thiazole rings is 1. The second-order valence-corrected chi connectivity index (χ2v) is 10.2. The Bertz CT molecular complexity index is 1580. The van der Waals surface area contributed by atoms with Crippen LogP contribution in [0.25, 0.3) is 20.8 Å². The van der Waals surface area contributed by atoms with Gasteiger partial charge in [0.1, 0.15) is 10.6 Å². The lowest BCUT2D eigenvalue weighted by molar-refractivity contribution is -0.385. The van der Waals surface area contributed by atoms with Gasteiger partial charge in [-0.05, 0) is 67.8 Å². The standard InChI is InChI=1S/C28H24N4O5S/c1-17-9-14-21-23(16-17)38-26(30-21)18-10-12-19(13-11-18)29-24(33)8-3-2-4-15-31-27(34)20-6-5-7-22(32(36)37)25(20)28(31)35/h5-7,9-14,16H,2-4,8,15H2,1H3,(H,29,33). The van der Waals surface area contributed by atoms with Crippen molar-refractivity contribution >= 4 is 50.6 Å². The number of aryl methyl sites for hydroxylation is 1. The number of nitro groups is 1. The molecule has 1 aliphatic rings. The van der Waals surface area contributed by atoms with Gasteiger partial charge in [0.25, 0.3) is 17.5 Å². The number of nitrogens with one attached hydrogen (secondary N) is 1. The monoisotopic (exact) mass is 528 g/mol. The molecule has 0 aliphatic carbocycles. The Labute approximate surface area is 222 Å². The molecule has 1 aromatic heterocycles. The van der Waals surface area contributed by atoms with Gasteiger partial charge >= 0.3 is 0 Å². The largest absolute Gasteiger partial charge is 0.326 e. The predicted octanol–water partition coefficient (Wildman–Crippen LogP) is 5.98. The maximum atomic E-state index is 12.6. The van der Waals surface area contributed by atoms with Crippen molar-refractivity contribution in [1.29, 1.82) is 0 Å². The van der Waals surface area contributed by atoms with Gasteiger partial charge in [-0.25, -0.2) is 4.98 Å². The van der Waals surface area contributed by atoms with Crippen molar-refractivity contribution in [2.75, 3.05) is 11.9 Å². The van der Waals surface area contributed by atoms with Gasteiger partial charge in [0.05, 0.1) is 20.7 Å². The van der Waals surface area contributed by atoms with Gasteiger partial charge in [-0.15, -0.1) is 11.3 Å². The number of nitrogens with zero attached hydrogens (tertiary/aromatic N) is 3. The molecule has 38 heavy (non-hydrogen) atoms. The van der Waals surface area contributed by atoms with E-state index in [0.717, 1.165) is 25.7 Å². The predicted molar refractivity (Wildman–Crippen MR) is 145 cm³/mol. The minimum absolute atomic E-state index is 0.0628. The molecule has 1 aliphatic heterocycles. The zero-order chi connectivity index (χ0) is 26.8. The Morgan fingerprint density at radius 1 is 1.03 bits per heavy atom. The molecular formula is C28H24N4O5S. The lowest BCUT2D eigenvalue weighted by Crippen LogP contribution is -2.30. The summed E-state index contributed by atoms with van der Waals surface area (Å²) >= 11 is 1.63. The van der Waals surface area contributed by atoms with Crippen LogP contribution < -0.4 is 5.32 Å². The van der Waals surface area contributed by atoms with Gasteiger partial charge in [0, 0.05) is 30.3 Å². The highest BCUT2D eigenvalue weighted by molar-refractivity contribution is 7.21. The summed E-state index contributed by atoms with van der Waals surface area (Å²) in [7, 11) is 0. The van der Waals surface area contributed by atoms with E-state index in [1.807, 2.05) is 36.4 Å². The Kier molecular flexibility index (Phi) is 6.97. The molecule has 9 nitrogen and oxygen atoms in total. The van der Waals surface area contributed by atoms with E-state index in [0.29, 0.717) is 31.4 Å². The van der Waals surface area contributed by atoms with Crippen LogP contribution in [0.2, 0.25) is 0 Å². The van der Waals surface area contributed by atoms with Crippen LogP contribution in [0.15, 0.2) is 60.7 Å². The number of imide groups is 1. The molecule has 192 valence electrons. The van der Waals surface area contributed by atoms with Crippen LogP contribution in [0.1, 0.15) is 52.0 Å². The van der Waals surface area contributed by atoms with Crippen molar-refractivity contribution in [2.45, 2.75) is 32.6 Å². The van der Waals surface area contributed by atoms with Gasteiger partial charge in [-0.3, -0.25) is 29.4 Å². The number of unbranched alkanes of at least 4 members (excludes halogenated alkanes) is 2. The molecule has 3 amide bonds. The fourth-order valence-electron chi connectivity index (χ4n) is 4.48. The first-order valence-corrected chi connectivity index (χ1v) is 13.0. The second-order valence-electron chi connectivity index (χ2n) is 9.15. The summed E-state index contributed by atoms with van der Waals surface area (Å²) in [5.74, 6) is -1.28. The molecule has 4 aromatic rings. The zero-order valence-electron chi connectivity index (χ0n) is 20.6. The van der Waals surface area contributed by atoms with Crippen LogP contribution in [0.5, 0.6) is 0 Å². The summed E-state index contributed by atoms with van der Waals surface area (Å²) in [6, 6.07) is 17.8. The maximum Gasteiger partial charge on any atom is 0.282 e. The molecule has 0 unspecified atom stereocenters. The normalized spacial score (nSPS) is 12.7. The van der Waals surface area contributed by atoms with Crippen molar-refractivity contribution < 1.29 is 19.3 Å². The quantitative estimate of drug-likeness (QED) is 0.123. The summed E-state index contributed by atoms with van der Waals surface area (Å²) in [6.07, 6.45) is 2.01. The minimum Gasteiger partial charge on any atom is -0.326 e. The van der Waals surface area contributed by atoms with E-state index in [1.165, 1.54) is 23.8 Å². The molecule has 2 heterocycles. The van der Waals surface area contributed by atoms with E-state index in [9.17, 15) is 24.5 Å². The Hall–Kier alpha value is -4.44. The summed E-state index contributed by atoms with van der Waals surface area (Å²) in [5.41, 5.74) is 3.41. The summed E-state index contributed by atoms with van der Waals surface area (Å²) in [6.45, 7) is 2.21. The van der Waals surface area contributed by atoms with Crippen LogP contribution >= 0.6 is 11.3 Å². The number of amides is 3. The molecule has 0 radical (unpaired) electrons. The third kappa shape index (κ3) is 5.03. The van der Waals surface area contributed by atoms with Crippen molar-refractivity contribution in [2.24, 2.45) is 0 Å². The van der Waals surface area contributed by atoms with E-state index >= 15 is 0 Å². The van der Waals surface area contributed by atoms with Crippen LogP contribution in [-0.4, -0.2) is 39.1 Å². The van der Waals surface area contributed by atoms with E-state index < -0.39 is 16.7 Å². The van der Waals surface area contributed by atoms with Gasteiger partial charge in [-0.1, -0.05) is 18.6 Å². The van der Waals surface area contributed by atoms with Crippen molar-refractivity contribution in [3.8, 4) is 10.6 Å². The molecule has 0 fully saturated rings. The number of hydrogen-bond acceptors (Lipinski definition) is 7. The Morgan fingerprint density at radius 3 is 2.58 bits per heavy atom. The fraction of sp³-hybridized carbons (Fsp3) is 0.214. The molecule has 0 atom stereocenters. The van der Waals surface area contributed by atoms with Gasteiger partial charge in [0.15, 0.2) is 0 Å². The highest BCUT2D eigenvalue weighted by Gasteiger charge is 2.40. The number of fused-ring (bicyclic) bond motifs is 2. The minimum atomic E-state index is -0.651. The topological polar surface area (TPSA) is 123 Å². The Morgan fingerprint density at radius 2 is 1.82 bits per heavy atom. The zero-order valence-corrected chi connectivity index (χ0v) is 21.4. The molecular weight excluding hydrogens is 504 g/mol. The molecule has 0 saturated heterocycles. The highest BCUT2D eigenvalue weighted by atomic mass is 32.1. The third-order valence-corrected chi connectivity index (χ3v) is 7.49. The molecule has 1 N–H and O–H groups in total. The molecule has 3 aromatic carbocycles. The molecule has 10 heteroatoms. The van der Waals surface area contributed by atoms with Crippen LogP contribution in [0.4, 0.5) is 11.4 Å². The molecule has 0 saturated carbocycles. The first kappa shape index (κ1) is 25.2. The Balaban J connectivity index is 1.08. The number of carbonyl (C=O) groups excluding carboxylic acids is 3. The van der Waals surface area contributed by atoms with Crippen molar-refractivity contribution in [3.63, 3.8) is 0 Å². The second kappa shape index (κ2) is 10.5. The lowest BCUT2D eigenvalue weighted by Gasteiger charge is -2.13. The number of aromatic nitrogens is 1. The summed E-state index contributed by atoms with van der Waals surface area (Å²) < 4.78 is 1.14. The average molecular weight is 529 g/mol. The smallest absolute Gasteiger partial charge is 0.282 e. The summed E-state index contributed by atoms with van der Waals surface area (Å²) in [5, 5.41) is 15.0. The van der Waals surface area contributed by atoms with Gasteiger partial charge in [-0.2, -0.15) is 0 Å². The fourth-order valence-corrected chi connectivity index (χ4v) is 5.55. The first-order valence-electron chi connectivity index (χ1n) is 12.2. The average Bonchev–Trinajstić information content (AvgIpc) is 3.43. The number of hydrogen-bond donors (Lipinski definition) is 1. The number of nitro benzene ring substituents is 1. The lowest BCUT2D eigenvalue weighted by atomic mass is 10.1. The number of anilines is 1. The first-order chi connectivity index (χ1) is 18.3. The van der Waals surface area contributed by atoms with E-state index in [-0.39, 0.29) is 29.3 Å². The molecule has 5 rings (SSSR count). The van der Waals surface area contributed by atoms with Crippen LogP contribution in [0.3, 0.4) is 0 Å². The van der Waals surface area contributed by atoms with Crippen molar-refractivity contribution in [1.82, 2.24) is 9.88 Å². The number of carbonyl (C=O) groups is 3. The van der Waals surface area contributed by atoms with Crippen LogP contribution in [-0.2, 0) is 4.79 Å². The maximum absolute atomic E-state index is 12.6. The number of benzene rings is 3.